The van der Waals surface area contributed by atoms with Crippen molar-refractivity contribution in [2.45, 2.75) is 6.92 Å². The molecule has 7 heteroatoms. The Labute approximate surface area is 161 Å². The van der Waals surface area contributed by atoms with Gasteiger partial charge in [0.05, 0.1) is 0 Å². The lowest BCUT2D eigenvalue weighted by molar-refractivity contribution is 0.102. The number of aromatic nitrogens is 4. The first-order chi connectivity index (χ1) is 13.7. The fraction of sp³-hybridized carbons (Fsp3) is 0.0476. The molecule has 0 radical (unpaired) electrons. The van der Waals surface area contributed by atoms with Crippen molar-refractivity contribution in [1.82, 2.24) is 19.7 Å². The molecule has 2 aromatic heterocycles. The number of amides is 1. The average Bonchev–Trinajstić information content (AvgIpc) is 3.25. The van der Waals surface area contributed by atoms with Crippen LogP contribution < -0.4 is 10.1 Å². The molecule has 4 aromatic rings. The van der Waals surface area contributed by atoms with Crippen LogP contribution in [0.3, 0.4) is 0 Å². The fourth-order valence-electron chi connectivity index (χ4n) is 2.62. The van der Waals surface area contributed by atoms with Gasteiger partial charge in [0.2, 0.25) is 5.88 Å². The van der Waals surface area contributed by atoms with E-state index in [1.54, 1.807) is 65.8 Å². The van der Waals surface area contributed by atoms with E-state index in [1.807, 2.05) is 25.1 Å². The number of nitrogens with zero attached hydrogens (tertiary/aromatic N) is 4. The molecular weight excluding hydrogens is 354 g/mol. The van der Waals surface area contributed by atoms with Crippen LogP contribution in [0.1, 0.15) is 15.9 Å². The molecule has 28 heavy (non-hydrogen) atoms. The highest BCUT2D eigenvalue weighted by molar-refractivity contribution is 6.04. The van der Waals surface area contributed by atoms with E-state index in [9.17, 15) is 4.79 Å². The van der Waals surface area contributed by atoms with Crippen LogP contribution in [0.2, 0.25) is 0 Å². The maximum atomic E-state index is 12.3. The number of carbonyl (C=O) groups is 1. The summed E-state index contributed by atoms with van der Waals surface area (Å²) in [6, 6.07) is 18.0. The third-order valence-corrected chi connectivity index (χ3v) is 4.01. The summed E-state index contributed by atoms with van der Waals surface area (Å²) in [4.78, 5) is 16.3. The van der Waals surface area contributed by atoms with Crippen LogP contribution in [0, 0.1) is 6.92 Å². The number of anilines is 1. The zero-order valence-corrected chi connectivity index (χ0v) is 15.1. The monoisotopic (exact) mass is 371 g/mol. The topological polar surface area (TPSA) is 81.9 Å². The van der Waals surface area contributed by atoms with Crippen molar-refractivity contribution < 1.29 is 9.53 Å². The minimum atomic E-state index is -0.154. The molecule has 0 fully saturated rings. The lowest BCUT2D eigenvalue weighted by Gasteiger charge is -2.08. The van der Waals surface area contributed by atoms with Gasteiger partial charge in [0, 0.05) is 29.7 Å². The van der Waals surface area contributed by atoms with Crippen LogP contribution in [-0.4, -0.2) is 25.7 Å². The van der Waals surface area contributed by atoms with Crippen molar-refractivity contribution in [1.29, 1.82) is 0 Å². The zero-order valence-electron chi connectivity index (χ0n) is 15.1. The molecule has 2 aromatic carbocycles. The van der Waals surface area contributed by atoms with Crippen LogP contribution in [-0.2, 0) is 0 Å². The number of aryl methyl sites for hydroxylation is 1. The Bertz CT molecular complexity index is 1070. The summed E-state index contributed by atoms with van der Waals surface area (Å²) in [5, 5.41) is 11.0. The van der Waals surface area contributed by atoms with E-state index in [1.165, 1.54) is 0 Å². The summed E-state index contributed by atoms with van der Waals surface area (Å²) >= 11 is 0. The van der Waals surface area contributed by atoms with E-state index in [0.29, 0.717) is 28.7 Å². The SMILES string of the molecule is Cc1cccc(C(=O)Nc2ccc(Oc3ccc(-n4ccnc4)nn3)cc2)c1. The molecule has 138 valence electrons. The summed E-state index contributed by atoms with van der Waals surface area (Å²) in [6.07, 6.45) is 5.11. The van der Waals surface area contributed by atoms with Gasteiger partial charge in [-0.05, 0) is 49.4 Å². The van der Waals surface area contributed by atoms with Crippen molar-refractivity contribution in [2.24, 2.45) is 0 Å². The summed E-state index contributed by atoms with van der Waals surface area (Å²) in [5.41, 5.74) is 2.34. The number of benzene rings is 2. The van der Waals surface area contributed by atoms with Gasteiger partial charge in [0.25, 0.3) is 5.91 Å². The Kier molecular flexibility index (Phi) is 4.79. The standard InChI is InChI=1S/C21H17N5O2/c1-15-3-2-4-16(13-15)21(27)23-17-5-7-18(8-6-17)28-20-10-9-19(24-25-20)26-12-11-22-14-26/h2-14H,1H3,(H,23,27). The van der Waals surface area contributed by atoms with E-state index in [0.717, 1.165) is 5.56 Å². The largest absolute Gasteiger partial charge is 0.438 e. The molecule has 4 rings (SSSR count). The number of rotatable bonds is 5. The molecule has 0 atom stereocenters. The van der Waals surface area contributed by atoms with E-state index in [-0.39, 0.29) is 5.91 Å². The second-order valence-corrected chi connectivity index (χ2v) is 6.15. The molecule has 0 unspecified atom stereocenters. The first-order valence-electron chi connectivity index (χ1n) is 8.65. The van der Waals surface area contributed by atoms with Gasteiger partial charge >= 0.3 is 0 Å². The Morgan fingerprint density at radius 1 is 1.04 bits per heavy atom. The first kappa shape index (κ1) is 17.4. The van der Waals surface area contributed by atoms with E-state index < -0.39 is 0 Å². The molecule has 0 aliphatic rings. The van der Waals surface area contributed by atoms with Gasteiger partial charge in [0.15, 0.2) is 5.82 Å². The summed E-state index contributed by atoms with van der Waals surface area (Å²) in [7, 11) is 0. The maximum Gasteiger partial charge on any atom is 0.255 e. The molecular formula is C21H17N5O2. The lowest BCUT2D eigenvalue weighted by atomic mass is 10.1. The van der Waals surface area contributed by atoms with Gasteiger partial charge in [-0.25, -0.2) is 4.98 Å². The molecule has 0 saturated heterocycles. The summed E-state index contributed by atoms with van der Waals surface area (Å²) < 4.78 is 7.45. The second kappa shape index (κ2) is 7.71. The quantitative estimate of drug-likeness (QED) is 0.573. The van der Waals surface area contributed by atoms with E-state index in [4.69, 9.17) is 4.74 Å². The van der Waals surface area contributed by atoms with Crippen molar-refractivity contribution in [3.8, 4) is 17.4 Å². The van der Waals surface area contributed by atoms with Gasteiger partial charge in [-0.3, -0.25) is 9.36 Å². The Morgan fingerprint density at radius 2 is 1.89 bits per heavy atom. The Hall–Kier alpha value is -4.00. The van der Waals surface area contributed by atoms with Crippen molar-refractivity contribution in [3.05, 3.63) is 90.5 Å². The Morgan fingerprint density at radius 3 is 2.57 bits per heavy atom. The van der Waals surface area contributed by atoms with Gasteiger partial charge in [-0.1, -0.05) is 17.7 Å². The molecule has 2 heterocycles. The third-order valence-electron chi connectivity index (χ3n) is 4.01. The van der Waals surface area contributed by atoms with Crippen LogP contribution in [0.15, 0.2) is 79.4 Å². The third kappa shape index (κ3) is 4.04. The molecule has 1 N–H and O–H groups in total. The van der Waals surface area contributed by atoms with Gasteiger partial charge in [-0.2, -0.15) is 0 Å². The second-order valence-electron chi connectivity index (χ2n) is 6.15. The van der Waals surface area contributed by atoms with E-state index in [2.05, 4.69) is 20.5 Å². The highest BCUT2D eigenvalue weighted by Gasteiger charge is 2.07. The number of hydrogen-bond donors (Lipinski definition) is 1. The zero-order chi connectivity index (χ0) is 19.3. The van der Waals surface area contributed by atoms with Crippen LogP contribution >= 0.6 is 0 Å². The number of hydrogen-bond acceptors (Lipinski definition) is 5. The number of ether oxygens (including phenoxy) is 1. The molecule has 0 aliphatic heterocycles. The summed E-state index contributed by atoms with van der Waals surface area (Å²) in [6.45, 7) is 1.95. The maximum absolute atomic E-state index is 12.3. The van der Waals surface area contributed by atoms with Crippen molar-refractivity contribution >= 4 is 11.6 Å². The molecule has 0 spiro atoms. The first-order valence-corrected chi connectivity index (χ1v) is 8.65. The Balaban J connectivity index is 1.40. The molecule has 0 aliphatic carbocycles. The van der Waals surface area contributed by atoms with Crippen LogP contribution in [0.25, 0.3) is 5.82 Å². The fourth-order valence-corrected chi connectivity index (χ4v) is 2.62. The number of carbonyl (C=O) groups excluding carboxylic acids is 1. The highest BCUT2D eigenvalue weighted by Crippen LogP contribution is 2.22. The minimum absolute atomic E-state index is 0.154. The predicted molar refractivity (Wildman–Crippen MR) is 105 cm³/mol. The molecule has 1 amide bonds. The van der Waals surface area contributed by atoms with Gasteiger partial charge < -0.3 is 10.1 Å². The lowest BCUT2D eigenvalue weighted by Crippen LogP contribution is -2.11. The van der Waals surface area contributed by atoms with Crippen LogP contribution in [0.4, 0.5) is 5.69 Å². The highest BCUT2D eigenvalue weighted by atomic mass is 16.5. The predicted octanol–water partition coefficient (Wildman–Crippen LogP) is 4.02. The minimum Gasteiger partial charge on any atom is -0.438 e. The van der Waals surface area contributed by atoms with Gasteiger partial charge in [0.1, 0.15) is 12.1 Å². The molecule has 0 bridgehead atoms. The summed E-state index contributed by atoms with van der Waals surface area (Å²) in [5.74, 6) is 1.47. The van der Waals surface area contributed by atoms with Crippen molar-refractivity contribution in [3.63, 3.8) is 0 Å². The van der Waals surface area contributed by atoms with E-state index >= 15 is 0 Å². The average molecular weight is 371 g/mol. The van der Waals surface area contributed by atoms with Crippen LogP contribution in [0.5, 0.6) is 11.6 Å². The number of nitrogens with one attached hydrogen (secondary N) is 1. The van der Waals surface area contributed by atoms with Crippen molar-refractivity contribution in [2.75, 3.05) is 5.32 Å². The molecule has 7 nitrogen and oxygen atoms in total. The number of imidazole rings is 1. The normalized spacial score (nSPS) is 10.5. The van der Waals surface area contributed by atoms with Gasteiger partial charge in [-0.15, -0.1) is 10.2 Å². The molecule has 0 saturated carbocycles. The smallest absolute Gasteiger partial charge is 0.255 e.